The first-order valence-corrected chi connectivity index (χ1v) is 8.23. The van der Waals surface area contributed by atoms with Crippen LogP contribution in [0.2, 0.25) is 0 Å². The molecule has 1 rings (SSSR count). The minimum atomic E-state index is -4.51. The van der Waals surface area contributed by atoms with Gasteiger partial charge in [0.05, 0.1) is 0 Å². The summed E-state index contributed by atoms with van der Waals surface area (Å²) in [5, 5.41) is 0. The van der Waals surface area contributed by atoms with E-state index in [2.05, 4.69) is 15.9 Å². The lowest BCUT2D eigenvalue weighted by Gasteiger charge is -2.36. The summed E-state index contributed by atoms with van der Waals surface area (Å²) in [6, 6.07) is 2.72. The molecule has 0 spiro atoms. The van der Waals surface area contributed by atoms with Crippen LogP contribution in [0.4, 0.5) is 13.2 Å². The zero-order chi connectivity index (χ0) is 16.6. The Hall–Kier alpha value is -0.240. The van der Waals surface area contributed by atoms with Crippen LogP contribution in [0.15, 0.2) is 22.7 Å². The van der Waals surface area contributed by atoms with Gasteiger partial charge < -0.3 is 4.55 Å². The van der Waals surface area contributed by atoms with Crippen LogP contribution < -0.4 is 0 Å². The Morgan fingerprint density at radius 1 is 1.24 bits per heavy atom. The number of hydrogen-bond donors (Lipinski definition) is 0. The lowest BCUT2D eigenvalue weighted by molar-refractivity contribution is -0.171. The standard InChI is InChI=1S/C14H19BrF3NOS/c1-9-8-10(15)6-7-11(9)12(14(16,17)18)19(5)21(20)13(2,3)4/h6-8,12H,1-5H3/t12-,21?/m0/s1. The van der Waals surface area contributed by atoms with Crippen LogP contribution in [0.5, 0.6) is 0 Å². The molecule has 0 N–H and O–H groups in total. The Morgan fingerprint density at radius 2 is 1.76 bits per heavy atom. The van der Waals surface area contributed by atoms with Gasteiger partial charge in [-0.25, -0.2) is 0 Å². The Labute approximate surface area is 135 Å². The summed E-state index contributed by atoms with van der Waals surface area (Å²) < 4.78 is 53.7. The fourth-order valence-electron chi connectivity index (χ4n) is 2.05. The van der Waals surface area contributed by atoms with Crippen molar-refractivity contribution in [3.05, 3.63) is 33.8 Å². The van der Waals surface area contributed by atoms with Gasteiger partial charge in [-0.15, -0.1) is 4.31 Å². The van der Waals surface area contributed by atoms with Crippen LogP contribution in [0, 0.1) is 6.92 Å². The van der Waals surface area contributed by atoms with Crippen LogP contribution >= 0.6 is 15.9 Å². The van der Waals surface area contributed by atoms with Gasteiger partial charge in [0.1, 0.15) is 4.75 Å². The molecule has 21 heavy (non-hydrogen) atoms. The third-order valence-corrected chi connectivity index (χ3v) is 5.26. The minimum absolute atomic E-state index is 0.116. The molecule has 0 aliphatic heterocycles. The highest BCUT2D eigenvalue weighted by atomic mass is 79.9. The highest BCUT2D eigenvalue weighted by Crippen LogP contribution is 2.41. The predicted octanol–water partition coefficient (Wildman–Crippen LogP) is 4.75. The topological polar surface area (TPSA) is 26.3 Å². The Morgan fingerprint density at radius 3 is 2.14 bits per heavy atom. The molecule has 0 saturated heterocycles. The number of aryl methyl sites for hydroxylation is 1. The van der Waals surface area contributed by atoms with E-state index in [4.69, 9.17) is 0 Å². The molecule has 2 atom stereocenters. The molecule has 2 nitrogen and oxygen atoms in total. The Bertz CT molecular complexity index is 502. The SMILES string of the molecule is Cc1cc(Br)ccc1[C@H](N(C)[S+]([O-])C(C)(C)C)C(F)(F)F. The van der Waals surface area contributed by atoms with Gasteiger partial charge in [-0.3, -0.25) is 0 Å². The maximum absolute atomic E-state index is 13.5. The maximum atomic E-state index is 13.5. The van der Waals surface area contributed by atoms with Crippen molar-refractivity contribution in [3.8, 4) is 0 Å². The second-order valence-electron chi connectivity index (χ2n) is 5.85. The molecule has 0 amide bonds. The van der Waals surface area contributed by atoms with E-state index in [1.165, 1.54) is 13.1 Å². The van der Waals surface area contributed by atoms with Crippen LogP contribution in [0.3, 0.4) is 0 Å². The van der Waals surface area contributed by atoms with Crippen LogP contribution in [-0.2, 0) is 11.4 Å². The zero-order valence-corrected chi connectivity index (χ0v) is 15.0. The molecule has 1 aromatic carbocycles. The Balaban J connectivity index is 3.31. The van der Waals surface area contributed by atoms with E-state index in [0.717, 1.165) is 4.31 Å². The van der Waals surface area contributed by atoms with E-state index < -0.39 is 28.3 Å². The summed E-state index contributed by atoms with van der Waals surface area (Å²) in [4.78, 5) is 0. The summed E-state index contributed by atoms with van der Waals surface area (Å²) in [5.74, 6) is 0. The molecule has 0 bridgehead atoms. The second-order valence-corrected chi connectivity index (χ2v) is 9.07. The van der Waals surface area contributed by atoms with Crippen molar-refractivity contribution in [1.29, 1.82) is 0 Å². The van der Waals surface area contributed by atoms with Crippen molar-refractivity contribution in [1.82, 2.24) is 4.31 Å². The quantitative estimate of drug-likeness (QED) is 0.701. The highest BCUT2D eigenvalue weighted by molar-refractivity contribution is 9.10. The summed E-state index contributed by atoms with van der Waals surface area (Å²) in [7, 11) is 1.25. The minimum Gasteiger partial charge on any atom is -0.597 e. The lowest BCUT2D eigenvalue weighted by atomic mass is 10.0. The van der Waals surface area contributed by atoms with E-state index in [9.17, 15) is 17.7 Å². The average molecular weight is 386 g/mol. The van der Waals surface area contributed by atoms with Crippen molar-refractivity contribution >= 4 is 27.3 Å². The third-order valence-electron chi connectivity index (χ3n) is 2.99. The number of hydrogen-bond acceptors (Lipinski definition) is 2. The maximum Gasteiger partial charge on any atom is 0.412 e. The van der Waals surface area contributed by atoms with Gasteiger partial charge in [0.25, 0.3) is 0 Å². The lowest BCUT2D eigenvalue weighted by Crippen LogP contribution is -2.47. The molecule has 1 unspecified atom stereocenters. The van der Waals surface area contributed by atoms with E-state index in [1.54, 1.807) is 39.8 Å². The molecular weight excluding hydrogens is 367 g/mol. The summed E-state index contributed by atoms with van der Waals surface area (Å²) in [6.45, 7) is 6.58. The van der Waals surface area contributed by atoms with E-state index >= 15 is 0 Å². The van der Waals surface area contributed by atoms with E-state index in [0.29, 0.717) is 10.0 Å². The molecule has 0 aliphatic carbocycles. The van der Waals surface area contributed by atoms with Crippen molar-refractivity contribution in [3.63, 3.8) is 0 Å². The third kappa shape index (κ3) is 4.61. The van der Waals surface area contributed by atoms with Gasteiger partial charge in [0, 0.05) is 22.9 Å². The molecule has 120 valence electrons. The smallest absolute Gasteiger partial charge is 0.412 e. The van der Waals surface area contributed by atoms with Crippen molar-refractivity contribution in [2.24, 2.45) is 0 Å². The number of alkyl halides is 3. The number of rotatable bonds is 3. The van der Waals surface area contributed by atoms with E-state index in [-0.39, 0.29) is 5.56 Å². The van der Waals surface area contributed by atoms with Gasteiger partial charge in [-0.2, -0.15) is 13.2 Å². The molecule has 1 aromatic rings. The first kappa shape index (κ1) is 18.8. The van der Waals surface area contributed by atoms with Gasteiger partial charge in [-0.05, 0) is 51.0 Å². The van der Waals surface area contributed by atoms with Crippen LogP contribution in [-0.4, -0.2) is 26.8 Å². The van der Waals surface area contributed by atoms with Gasteiger partial charge >= 0.3 is 6.18 Å². The summed E-state index contributed by atoms with van der Waals surface area (Å²) >= 11 is 1.47. The van der Waals surface area contributed by atoms with E-state index in [1.807, 2.05) is 0 Å². The van der Waals surface area contributed by atoms with Crippen molar-refractivity contribution in [2.45, 2.75) is 44.7 Å². The predicted molar refractivity (Wildman–Crippen MR) is 83.3 cm³/mol. The fourth-order valence-corrected chi connectivity index (χ4v) is 3.82. The normalized spacial score (nSPS) is 16.1. The summed E-state index contributed by atoms with van der Waals surface area (Å²) in [5.41, 5.74) is 0.621. The molecule has 0 saturated carbocycles. The van der Waals surface area contributed by atoms with Crippen LogP contribution in [0.1, 0.15) is 37.9 Å². The van der Waals surface area contributed by atoms with Gasteiger partial charge in [0.15, 0.2) is 6.04 Å². The molecular formula is C14H19BrF3NOS. The first-order valence-electron chi connectivity index (χ1n) is 6.33. The van der Waals surface area contributed by atoms with Crippen molar-refractivity contribution in [2.75, 3.05) is 7.05 Å². The Kier molecular flexibility index (Phi) is 5.80. The number of halogens is 4. The molecule has 0 heterocycles. The molecule has 0 radical (unpaired) electrons. The summed E-state index contributed by atoms with van der Waals surface area (Å²) in [6.07, 6.45) is -4.51. The molecule has 0 fully saturated rings. The number of benzene rings is 1. The zero-order valence-electron chi connectivity index (χ0n) is 12.6. The highest BCUT2D eigenvalue weighted by Gasteiger charge is 2.50. The van der Waals surface area contributed by atoms with Crippen molar-refractivity contribution < 1.29 is 17.7 Å². The monoisotopic (exact) mass is 385 g/mol. The average Bonchev–Trinajstić information content (AvgIpc) is 2.28. The van der Waals surface area contributed by atoms with Gasteiger partial charge in [-0.1, -0.05) is 22.0 Å². The molecule has 7 heteroatoms. The second kappa shape index (κ2) is 6.48. The number of nitrogens with zero attached hydrogens (tertiary/aromatic N) is 1. The van der Waals surface area contributed by atoms with Crippen LogP contribution in [0.25, 0.3) is 0 Å². The molecule has 0 aliphatic rings. The largest absolute Gasteiger partial charge is 0.597 e. The first-order chi connectivity index (χ1) is 9.35. The fraction of sp³-hybridized carbons (Fsp3) is 0.571. The van der Waals surface area contributed by atoms with Gasteiger partial charge in [0.2, 0.25) is 0 Å². The molecule has 0 aromatic heterocycles.